The summed E-state index contributed by atoms with van der Waals surface area (Å²) < 4.78 is 30.4. The first kappa shape index (κ1) is 19.0. The molecule has 7 heteroatoms. The van der Waals surface area contributed by atoms with Crippen LogP contribution in [0.3, 0.4) is 0 Å². The second-order valence-electron chi connectivity index (χ2n) is 6.89. The summed E-state index contributed by atoms with van der Waals surface area (Å²) in [5, 5.41) is 3.35. The minimum Gasteiger partial charge on any atom is -0.489 e. The normalized spacial score (nSPS) is 19.7. The number of nitrogens with one attached hydrogen (secondary N) is 1. The Balaban J connectivity index is 1.60. The molecule has 0 aromatic heterocycles. The van der Waals surface area contributed by atoms with Gasteiger partial charge < -0.3 is 19.5 Å². The van der Waals surface area contributed by atoms with Gasteiger partial charge in [0.25, 0.3) is 5.91 Å². The van der Waals surface area contributed by atoms with Crippen LogP contribution in [0.15, 0.2) is 36.4 Å². The Morgan fingerprint density at radius 3 is 2.64 bits per heavy atom. The molecular formula is C21H21ClFNO4. The molecule has 148 valence electrons. The molecule has 2 aliphatic rings. The van der Waals surface area contributed by atoms with Gasteiger partial charge in [0.15, 0.2) is 11.5 Å². The van der Waals surface area contributed by atoms with Gasteiger partial charge in [-0.25, -0.2) is 4.39 Å². The van der Waals surface area contributed by atoms with Crippen LogP contribution in [0.2, 0.25) is 5.02 Å². The largest absolute Gasteiger partial charge is 0.489 e. The van der Waals surface area contributed by atoms with Gasteiger partial charge in [-0.15, -0.1) is 0 Å². The number of ether oxygens (including phenoxy) is 3. The predicted octanol–water partition coefficient (Wildman–Crippen LogP) is 4.29. The third-order valence-corrected chi connectivity index (χ3v) is 5.20. The summed E-state index contributed by atoms with van der Waals surface area (Å²) in [4.78, 5) is 13.0. The number of hydrogen-bond acceptors (Lipinski definition) is 4. The number of fused-ring (bicyclic) bond motifs is 1. The molecule has 2 atom stereocenters. The van der Waals surface area contributed by atoms with Crippen LogP contribution in [0.5, 0.6) is 11.5 Å². The van der Waals surface area contributed by atoms with Gasteiger partial charge in [-0.05, 0) is 42.7 Å². The molecule has 2 aliphatic heterocycles. The van der Waals surface area contributed by atoms with Gasteiger partial charge in [-0.1, -0.05) is 23.7 Å². The van der Waals surface area contributed by atoms with Crippen molar-refractivity contribution < 1.29 is 23.4 Å². The standard InChI is InChI=1S/C21H21ClFNO4/c22-16-11-14(12-18-20(16)28-10-2-9-27-18)21(25)24-19(17-3-1-8-26-17)13-4-6-15(23)7-5-13/h4-7,11-12,17,19H,1-3,8-10H2,(H,24,25). The average Bonchev–Trinajstić information content (AvgIpc) is 3.11. The maximum Gasteiger partial charge on any atom is 0.252 e. The minimum absolute atomic E-state index is 0.162. The Morgan fingerprint density at radius 2 is 1.89 bits per heavy atom. The van der Waals surface area contributed by atoms with Gasteiger partial charge in [0.2, 0.25) is 0 Å². The summed E-state index contributed by atoms with van der Waals surface area (Å²) >= 11 is 6.31. The van der Waals surface area contributed by atoms with Crippen LogP contribution in [0.25, 0.3) is 0 Å². The summed E-state index contributed by atoms with van der Waals surface area (Å²) in [5.41, 5.74) is 1.17. The lowest BCUT2D eigenvalue weighted by atomic mass is 9.98. The van der Waals surface area contributed by atoms with Gasteiger partial charge >= 0.3 is 0 Å². The van der Waals surface area contributed by atoms with Crippen molar-refractivity contribution in [2.24, 2.45) is 0 Å². The molecule has 4 rings (SSSR count). The highest BCUT2D eigenvalue weighted by Gasteiger charge is 2.29. The van der Waals surface area contributed by atoms with Crippen molar-refractivity contribution in [2.45, 2.75) is 31.4 Å². The Hall–Kier alpha value is -2.31. The van der Waals surface area contributed by atoms with E-state index in [2.05, 4.69) is 5.32 Å². The van der Waals surface area contributed by atoms with E-state index in [1.807, 2.05) is 0 Å². The van der Waals surface area contributed by atoms with E-state index >= 15 is 0 Å². The molecule has 2 aromatic rings. The lowest BCUT2D eigenvalue weighted by Gasteiger charge is -2.25. The fourth-order valence-electron chi connectivity index (χ4n) is 3.51. The third kappa shape index (κ3) is 4.08. The quantitative estimate of drug-likeness (QED) is 0.824. The van der Waals surface area contributed by atoms with E-state index in [9.17, 15) is 9.18 Å². The molecule has 0 radical (unpaired) electrons. The molecule has 0 bridgehead atoms. The van der Waals surface area contributed by atoms with Crippen LogP contribution >= 0.6 is 11.6 Å². The average molecular weight is 406 g/mol. The Kier molecular flexibility index (Phi) is 5.69. The van der Waals surface area contributed by atoms with Crippen LogP contribution in [-0.2, 0) is 4.74 Å². The van der Waals surface area contributed by atoms with Gasteiger partial charge in [0.05, 0.1) is 30.4 Å². The SMILES string of the molecule is O=C(NC(c1ccc(F)cc1)C1CCCO1)c1cc(Cl)c2c(c1)OCCCO2. The summed E-state index contributed by atoms with van der Waals surface area (Å²) in [5.74, 6) is 0.300. The Labute approximate surface area is 167 Å². The van der Waals surface area contributed by atoms with Crippen molar-refractivity contribution in [3.8, 4) is 11.5 Å². The second kappa shape index (κ2) is 8.37. The van der Waals surface area contributed by atoms with E-state index in [0.717, 1.165) is 24.8 Å². The Bertz CT molecular complexity index is 852. The molecule has 1 amide bonds. The van der Waals surface area contributed by atoms with Crippen LogP contribution < -0.4 is 14.8 Å². The fraction of sp³-hybridized carbons (Fsp3) is 0.381. The molecule has 2 unspecified atom stereocenters. The molecule has 2 heterocycles. The number of carbonyl (C=O) groups is 1. The van der Waals surface area contributed by atoms with Gasteiger partial charge in [0.1, 0.15) is 5.82 Å². The monoisotopic (exact) mass is 405 g/mol. The third-order valence-electron chi connectivity index (χ3n) is 4.92. The van der Waals surface area contributed by atoms with Crippen molar-refractivity contribution in [1.82, 2.24) is 5.32 Å². The zero-order chi connectivity index (χ0) is 19.5. The van der Waals surface area contributed by atoms with E-state index < -0.39 is 0 Å². The molecule has 1 saturated heterocycles. The maximum absolute atomic E-state index is 13.3. The summed E-state index contributed by atoms with van der Waals surface area (Å²) in [6.45, 7) is 1.67. The zero-order valence-electron chi connectivity index (χ0n) is 15.3. The van der Waals surface area contributed by atoms with Crippen molar-refractivity contribution in [3.63, 3.8) is 0 Å². The van der Waals surface area contributed by atoms with Crippen molar-refractivity contribution in [2.75, 3.05) is 19.8 Å². The van der Waals surface area contributed by atoms with E-state index in [1.54, 1.807) is 24.3 Å². The van der Waals surface area contributed by atoms with Crippen molar-refractivity contribution in [1.29, 1.82) is 0 Å². The van der Waals surface area contributed by atoms with E-state index in [4.69, 9.17) is 25.8 Å². The molecule has 1 fully saturated rings. The minimum atomic E-state index is -0.384. The van der Waals surface area contributed by atoms with Crippen molar-refractivity contribution >= 4 is 17.5 Å². The second-order valence-corrected chi connectivity index (χ2v) is 7.30. The molecule has 0 spiro atoms. The molecule has 2 aromatic carbocycles. The fourth-order valence-corrected chi connectivity index (χ4v) is 3.78. The first-order valence-corrected chi connectivity index (χ1v) is 9.77. The van der Waals surface area contributed by atoms with Crippen LogP contribution in [0.1, 0.15) is 41.2 Å². The summed E-state index contributed by atoms with van der Waals surface area (Å²) in [6.07, 6.45) is 2.33. The smallest absolute Gasteiger partial charge is 0.252 e. The first-order chi connectivity index (χ1) is 13.6. The highest BCUT2D eigenvalue weighted by molar-refractivity contribution is 6.32. The maximum atomic E-state index is 13.3. The molecule has 0 aliphatic carbocycles. The Morgan fingerprint density at radius 1 is 1.11 bits per heavy atom. The number of carbonyl (C=O) groups excluding carboxylic acids is 1. The number of benzene rings is 2. The lowest BCUT2D eigenvalue weighted by molar-refractivity contribution is 0.0672. The number of halogens is 2. The van der Waals surface area contributed by atoms with Crippen LogP contribution in [-0.4, -0.2) is 31.8 Å². The lowest BCUT2D eigenvalue weighted by Crippen LogP contribution is -2.36. The van der Waals surface area contributed by atoms with Crippen molar-refractivity contribution in [3.05, 3.63) is 58.4 Å². The molecule has 5 nitrogen and oxygen atoms in total. The molecule has 1 N–H and O–H groups in total. The predicted molar refractivity (Wildman–Crippen MR) is 103 cm³/mol. The highest BCUT2D eigenvalue weighted by atomic mass is 35.5. The molecule has 0 saturated carbocycles. The summed E-state index contributed by atoms with van der Waals surface area (Å²) in [7, 11) is 0. The number of hydrogen-bond donors (Lipinski definition) is 1. The van der Waals surface area contributed by atoms with E-state index in [-0.39, 0.29) is 23.9 Å². The van der Waals surface area contributed by atoms with Gasteiger partial charge in [-0.2, -0.15) is 0 Å². The first-order valence-electron chi connectivity index (χ1n) is 9.39. The molecule has 28 heavy (non-hydrogen) atoms. The number of amides is 1. The topological polar surface area (TPSA) is 56.8 Å². The highest BCUT2D eigenvalue weighted by Crippen LogP contribution is 2.38. The van der Waals surface area contributed by atoms with E-state index in [0.29, 0.717) is 41.9 Å². The van der Waals surface area contributed by atoms with Crippen LogP contribution in [0, 0.1) is 5.82 Å². The van der Waals surface area contributed by atoms with Gasteiger partial charge in [-0.3, -0.25) is 4.79 Å². The summed E-state index contributed by atoms with van der Waals surface area (Å²) in [6, 6.07) is 8.93. The van der Waals surface area contributed by atoms with E-state index in [1.165, 1.54) is 12.1 Å². The van der Waals surface area contributed by atoms with Crippen LogP contribution in [0.4, 0.5) is 4.39 Å². The number of rotatable bonds is 4. The molecular weight excluding hydrogens is 385 g/mol. The zero-order valence-corrected chi connectivity index (χ0v) is 16.0. The van der Waals surface area contributed by atoms with Gasteiger partial charge in [0, 0.05) is 18.6 Å².